The zero-order chi connectivity index (χ0) is 41.9. The van der Waals surface area contributed by atoms with Crippen LogP contribution in [-0.2, 0) is 27.2 Å². The summed E-state index contributed by atoms with van der Waals surface area (Å²) in [5.74, 6) is -0.531. The number of carbonyl (C=O) groups is 4. The predicted octanol–water partition coefficient (Wildman–Crippen LogP) is 7.99. The summed E-state index contributed by atoms with van der Waals surface area (Å²) < 4.78 is 58.5. The Labute approximate surface area is 328 Å². The lowest BCUT2D eigenvalue weighted by molar-refractivity contribution is -0.127. The third-order valence-electron chi connectivity index (χ3n) is 9.53. The number of anilines is 1. The molecule has 4 aromatic rings. The third-order valence-corrected chi connectivity index (χ3v) is 9.53. The lowest BCUT2D eigenvalue weighted by atomic mass is 9.86. The quantitative estimate of drug-likeness (QED) is 0.182. The molecule has 6 rings (SSSR count). The Kier molecular flexibility index (Phi) is 10.6. The zero-order valence-corrected chi connectivity index (χ0v) is 33.8. The van der Waals surface area contributed by atoms with E-state index in [1.165, 1.54) is 29.2 Å². The van der Waals surface area contributed by atoms with Crippen molar-refractivity contribution in [1.29, 1.82) is 0 Å². The minimum atomic E-state index is -4.34. The van der Waals surface area contributed by atoms with Crippen LogP contribution >= 0.6 is 0 Å². The van der Waals surface area contributed by atoms with Gasteiger partial charge in [-0.25, -0.2) is 28.5 Å². The fourth-order valence-electron chi connectivity index (χ4n) is 7.39. The second-order valence-corrected chi connectivity index (χ2v) is 18.0. The van der Waals surface area contributed by atoms with Gasteiger partial charge in [0, 0.05) is 43.2 Å². The summed E-state index contributed by atoms with van der Waals surface area (Å²) in [5.41, 5.74) is -1.62. The van der Waals surface area contributed by atoms with E-state index in [1.54, 1.807) is 74.4 Å². The topological polar surface area (TPSA) is 141 Å². The molecule has 1 unspecified atom stereocenters. The van der Waals surface area contributed by atoms with E-state index in [0.717, 1.165) is 36.1 Å². The van der Waals surface area contributed by atoms with Gasteiger partial charge in [0.25, 0.3) is 5.91 Å². The van der Waals surface area contributed by atoms with E-state index in [1.807, 2.05) is 6.07 Å². The molecule has 1 aromatic carbocycles. The first-order valence-electron chi connectivity index (χ1n) is 18.8. The average Bonchev–Trinajstić information content (AvgIpc) is 3.82. The predicted molar refractivity (Wildman–Crippen MR) is 204 cm³/mol. The van der Waals surface area contributed by atoms with Crippen LogP contribution in [0.1, 0.15) is 96.8 Å². The number of fused-ring (bicyclic) bond motifs is 2. The first-order chi connectivity index (χ1) is 26.3. The van der Waals surface area contributed by atoms with E-state index >= 15 is 0 Å². The molecule has 0 aliphatic carbocycles. The number of likely N-dealkylation sites (tertiary alicyclic amines) is 1. The van der Waals surface area contributed by atoms with Gasteiger partial charge in [-0.3, -0.25) is 9.69 Å². The Morgan fingerprint density at radius 1 is 0.789 bits per heavy atom. The molecule has 308 valence electrons. The van der Waals surface area contributed by atoms with Crippen LogP contribution in [0.25, 0.3) is 16.4 Å². The number of carbonyl (C=O) groups excluding carboxylic acids is 4. The Morgan fingerprint density at radius 2 is 1.40 bits per heavy atom. The number of nitrogens with zero attached hydrogens (tertiary/aromatic N) is 7. The maximum absolute atomic E-state index is 14.3. The molecule has 2 fully saturated rings. The van der Waals surface area contributed by atoms with Gasteiger partial charge >= 0.3 is 24.5 Å². The molecule has 1 spiro atoms. The van der Waals surface area contributed by atoms with Crippen molar-refractivity contribution >= 4 is 46.4 Å². The second-order valence-electron chi connectivity index (χ2n) is 18.0. The van der Waals surface area contributed by atoms with E-state index in [4.69, 9.17) is 14.2 Å². The minimum absolute atomic E-state index is 0.0729. The van der Waals surface area contributed by atoms with Crippen LogP contribution in [0.3, 0.4) is 0 Å². The number of benzene rings is 1. The average molecular weight is 798 g/mol. The summed E-state index contributed by atoms with van der Waals surface area (Å²) in [6.07, 6.45) is -4.27. The molecule has 0 radical (unpaired) electrons. The Morgan fingerprint density at radius 3 is 2.02 bits per heavy atom. The van der Waals surface area contributed by atoms with Crippen LogP contribution < -0.4 is 4.90 Å². The van der Waals surface area contributed by atoms with E-state index in [2.05, 4.69) is 19.9 Å². The third kappa shape index (κ3) is 9.68. The SMILES string of the molecule is CC(C)(C)OC(=O)N(C(=O)OC(C)(C)C)C(=O)c1cc2ccc(CN3CCC4(CCN(c5ncnn6cc(CC(F)(F)F)cc56)C4)C3)cc2n1C(=O)OC(C)(C)C. The normalized spacial score (nSPS) is 18.1. The Balaban J connectivity index is 1.26. The van der Waals surface area contributed by atoms with Crippen LogP contribution in [0.4, 0.5) is 33.4 Å². The summed E-state index contributed by atoms with van der Waals surface area (Å²) in [6.45, 7) is 18.0. The number of amides is 3. The lowest BCUT2D eigenvalue weighted by Gasteiger charge is -2.28. The Hall–Kier alpha value is -5.19. The van der Waals surface area contributed by atoms with E-state index in [0.29, 0.717) is 41.9 Å². The van der Waals surface area contributed by atoms with Crippen molar-refractivity contribution < 1.29 is 46.6 Å². The maximum Gasteiger partial charge on any atom is 0.427 e. The number of rotatable bonds is 5. The maximum atomic E-state index is 14.3. The molecule has 0 bridgehead atoms. The molecule has 0 N–H and O–H groups in total. The monoisotopic (exact) mass is 797 g/mol. The molecule has 1 atom stereocenters. The lowest BCUT2D eigenvalue weighted by Crippen LogP contribution is -2.47. The summed E-state index contributed by atoms with van der Waals surface area (Å²) >= 11 is 0. The highest BCUT2D eigenvalue weighted by atomic mass is 19.4. The zero-order valence-electron chi connectivity index (χ0n) is 33.8. The molecule has 2 saturated heterocycles. The van der Waals surface area contributed by atoms with Gasteiger partial charge in [0.05, 0.1) is 11.9 Å². The van der Waals surface area contributed by atoms with Crippen molar-refractivity contribution in [3.8, 4) is 0 Å². The van der Waals surface area contributed by atoms with Crippen LogP contribution in [0.5, 0.6) is 0 Å². The summed E-state index contributed by atoms with van der Waals surface area (Å²) in [6, 6.07) is 8.37. The van der Waals surface area contributed by atoms with Gasteiger partial charge in [-0.05, 0) is 111 Å². The van der Waals surface area contributed by atoms with Crippen molar-refractivity contribution in [3.63, 3.8) is 0 Å². The highest BCUT2D eigenvalue weighted by Gasteiger charge is 2.45. The van der Waals surface area contributed by atoms with Crippen LogP contribution in [-0.4, -0.2) is 102 Å². The van der Waals surface area contributed by atoms with Crippen LogP contribution in [0.15, 0.2) is 42.9 Å². The first kappa shape index (κ1) is 41.4. The smallest absolute Gasteiger partial charge is 0.427 e. The second kappa shape index (κ2) is 14.6. The van der Waals surface area contributed by atoms with Gasteiger partial charge in [0.1, 0.15) is 34.3 Å². The summed E-state index contributed by atoms with van der Waals surface area (Å²) in [4.78, 5) is 64.0. The number of hydrogen-bond acceptors (Lipinski definition) is 11. The van der Waals surface area contributed by atoms with E-state index < -0.39 is 53.6 Å². The van der Waals surface area contributed by atoms with Crippen LogP contribution in [0, 0.1) is 5.41 Å². The van der Waals surface area contributed by atoms with Gasteiger partial charge in [-0.1, -0.05) is 12.1 Å². The van der Waals surface area contributed by atoms with Crippen molar-refractivity contribution in [3.05, 3.63) is 59.7 Å². The van der Waals surface area contributed by atoms with E-state index in [9.17, 15) is 32.3 Å². The van der Waals surface area contributed by atoms with E-state index in [-0.39, 0.29) is 21.6 Å². The fourth-order valence-corrected chi connectivity index (χ4v) is 7.39. The van der Waals surface area contributed by atoms with Crippen LogP contribution in [0.2, 0.25) is 0 Å². The van der Waals surface area contributed by atoms with Crippen molar-refractivity contribution in [2.75, 3.05) is 31.1 Å². The molecule has 3 amide bonds. The molecule has 57 heavy (non-hydrogen) atoms. The molecule has 0 saturated carbocycles. The van der Waals surface area contributed by atoms with Gasteiger partial charge in [0.15, 0.2) is 5.82 Å². The Bertz CT molecular complexity index is 2180. The largest absolute Gasteiger partial charge is 0.443 e. The highest BCUT2D eigenvalue weighted by Crippen LogP contribution is 2.42. The van der Waals surface area contributed by atoms with Gasteiger partial charge in [-0.15, -0.1) is 4.90 Å². The highest BCUT2D eigenvalue weighted by molar-refractivity contribution is 6.15. The number of alkyl halides is 3. The van der Waals surface area contributed by atoms with Crippen molar-refractivity contribution in [1.82, 2.24) is 29.0 Å². The molecule has 3 aromatic heterocycles. The molecule has 14 nitrogen and oxygen atoms in total. The van der Waals surface area contributed by atoms with Gasteiger partial charge < -0.3 is 19.1 Å². The number of aromatic nitrogens is 4. The molecule has 2 aliphatic rings. The van der Waals surface area contributed by atoms with Gasteiger partial charge in [0.2, 0.25) is 0 Å². The molecular formula is C40H50F3N7O7. The number of hydrogen-bond donors (Lipinski definition) is 0. The van der Waals surface area contributed by atoms with Crippen molar-refractivity contribution in [2.24, 2.45) is 5.41 Å². The standard InChI is InChI=1S/C40H50F3N7O7/c1-36(2,3)55-33(52)49-28-16-25(10-11-27(28)18-30(49)32(51)50(34(53)56-37(4,5)6)35(54)57-38(7,8)9)20-46-14-12-39(22-46)13-15-47(23-39)31-29-17-26(19-40(41,42)43)21-48(29)45-24-44-31/h10-11,16-18,21,24H,12-15,19-20,22-23H2,1-9H3. The fraction of sp³-hybridized carbons (Fsp3) is 0.550. The molecule has 17 heteroatoms. The number of ether oxygens (including phenoxy) is 3. The molecular weight excluding hydrogens is 747 g/mol. The summed E-state index contributed by atoms with van der Waals surface area (Å²) in [5, 5.41) is 4.63. The number of halogens is 3. The molecule has 5 heterocycles. The van der Waals surface area contributed by atoms with Crippen molar-refractivity contribution in [2.45, 2.75) is 111 Å². The molecule has 2 aliphatic heterocycles. The summed E-state index contributed by atoms with van der Waals surface area (Å²) in [7, 11) is 0. The first-order valence-corrected chi connectivity index (χ1v) is 18.8. The van der Waals surface area contributed by atoms with Gasteiger partial charge in [-0.2, -0.15) is 18.3 Å². The minimum Gasteiger partial charge on any atom is -0.443 e. The number of imide groups is 3.